The second-order valence-electron chi connectivity index (χ2n) is 6.32. The molecule has 1 aromatic carbocycles. The van der Waals surface area contributed by atoms with Gasteiger partial charge in [-0.15, -0.1) is 0 Å². The summed E-state index contributed by atoms with van der Waals surface area (Å²) in [5.74, 6) is 0.483. The van der Waals surface area contributed by atoms with Crippen molar-refractivity contribution >= 4 is 52.0 Å². The van der Waals surface area contributed by atoms with Crippen LogP contribution in [0.25, 0.3) is 6.08 Å². The Labute approximate surface area is 174 Å². The fourth-order valence-electron chi connectivity index (χ4n) is 2.77. The van der Waals surface area contributed by atoms with Crippen molar-refractivity contribution in [2.45, 2.75) is 25.7 Å². The van der Waals surface area contributed by atoms with E-state index >= 15 is 0 Å². The lowest BCUT2D eigenvalue weighted by Crippen LogP contribution is -2.29. The molecule has 0 radical (unpaired) electrons. The van der Waals surface area contributed by atoms with Crippen molar-refractivity contribution in [2.24, 2.45) is 0 Å². The van der Waals surface area contributed by atoms with Gasteiger partial charge in [-0.3, -0.25) is 14.5 Å². The second-order valence-corrected chi connectivity index (χ2v) is 7.99. The number of thiocarbonyl (C=S) groups is 1. The number of amides is 2. The summed E-state index contributed by atoms with van der Waals surface area (Å²) in [7, 11) is 0. The largest absolute Gasteiger partial charge is 0.311 e. The van der Waals surface area contributed by atoms with Gasteiger partial charge in [-0.25, -0.2) is 4.98 Å². The van der Waals surface area contributed by atoms with Crippen LogP contribution < -0.4 is 5.32 Å². The van der Waals surface area contributed by atoms with E-state index in [1.54, 1.807) is 23.2 Å². The zero-order valence-corrected chi connectivity index (χ0v) is 17.0. The molecule has 1 aromatic heterocycles. The summed E-state index contributed by atoms with van der Waals surface area (Å²) in [6.45, 7) is 0.582. The number of rotatable bonds is 8. The lowest BCUT2D eigenvalue weighted by molar-refractivity contribution is -0.122. The van der Waals surface area contributed by atoms with E-state index in [0.717, 1.165) is 24.8 Å². The molecule has 5 nitrogen and oxygen atoms in total. The molecule has 0 spiro atoms. The summed E-state index contributed by atoms with van der Waals surface area (Å²) in [6.07, 6.45) is 6.37. The number of unbranched alkanes of at least 4 members (excludes halogenated alkanes) is 2. The minimum absolute atomic E-state index is 0.0354. The van der Waals surface area contributed by atoms with Gasteiger partial charge in [0.05, 0.1) is 4.91 Å². The number of hydrogen-bond acceptors (Lipinski definition) is 5. The number of aromatic nitrogens is 1. The van der Waals surface area contributed by atoms with Gasteiger partial charge in [-0.1, -0.05) is 66.8 Å². The normalized spacial score (nSPS) is 15.3. The van der Waals surface area contributed by atoms with Crippen molar-refractivity contribution in [1.29, 1.82) is 0 Å². The van der Waals surface area contributed by atoms with Crippen molar-refractivity contribution in [3.8, 4) is 0 Å². The van der Waals surface area contributed by atoms with Gasteiger partial charge in [-0.2, -0.15) is 0 Å². The number of thioether (sulfide) groups is 1. The van der Waals surface area contributed by atoms with Crippen molar-refractivity contribution in [3.63, 3.8) is 0 Å². The summed E-state index contributed by atoms with van der Waals surface area (Å²) in [5, 5.41) is 2.77. The van der Waals surface area contributed by atoms with Crippen LogP contribution in [0, 0.1) is 0 Å². The molecule has 1 aliphatic rings. The molecule has 0 saturated carbocycles. The van der Waals surface area contributed by atoms with Gasteiger partial charge in [-0.05, 0) is 36.6 Å². The van der Waals surface area contributed by atoms with E-state index < -0.39 is 0 Å². The molecular formula is C21H21N3O2S2. The highest BCUT2D eigenvalue weighted by atomic mass is 32.2. The molecule has 0 bridgehead atoms. The first kappa shape index (κ1) is 20.2. The molecule has 0 unspecified atom stereocenters. The Hall–Kier alpha value is -2.51. The van der Waals surface area contributed by atoms with Crippen LogP contribution in [0.4, 0.5) is 5.82 Å². The van der Waals surface area contributed by atoms with E-state index in [0.29, 0.717) is 28.0 Å². The molecule has 7 heteroatoms. The molecule has 1 aliphatic heterocycles. The highest BCUT2D eigenvalue weighted by Gasteiger charge is 2.31. The van der Waals surface area contributed by atoms with Gasteiger partial charge in [0.25, 0.3) is 5.91 Å². The maximum Gasteiger partial charge on any atom is 0.266 e. The zero-order valence-electron chi connectivity index (χ0n) is 15.3. The van der Waals surface area contributed by atoms with Gasteiger partial charge in [0, 0.05) is 19.2 Å². The molecule has 0 aliphatic carbocycles. The number of benzene rings is 1. The molecule has 144 valence electrons. The average Bonchev–Trinajstić information content (AvgIpc) is 2.96. The van der Waals surface area contributed by atoms with Crippen LogP contribution in [0.3, 0.4) is 0 Å². The molecule has 3 rings (SSSR count). The van der Waals surface area contributed by atoms with E-state index in [4.69, 9.17) is 12.2 Å². The van der Waals surface area contributed by atoms with Crippen LogP contribution in [0.1, 0.15) is 31.2 Å². The van der Waals surface area contributed by atoms with E-state index in [-0.39, 0.29) is 11.8 Å². The van der Waals surface area contributed by atoms with E-state index in [1.807, 2.05) is 42.5 Å². The Morgan fingerprint density at radius 2 is 1.89 bits per heavy atom. The van der Waals surface area contributed by atoms with Crippen molar-refractivity contribution in [2.75, 3.05) is 11.9 Å². The zero-order chi connectivity index (χ0) is 19.8. The van der Waals surface area contributed by atoms with Gasteiger partial charge in [0.2, 0.25) is 5.91 Å². The third kappa shape index (κ3) is 5.74. The molecular weight excluding hydrogens is 390 g/mol. The molecule has 1 fully saturated rings. The monoisotopic (exact) mass is 411 g/mol. The molecule has 2 aromatic rings. The number of carbonyl (C=O) groups excluding carboxylic acids is 2. The van der Waals surface area contributed by atoms with Crippen molar-refractivity contribution in [3.05, 3.63) is 65.2 Å². The van der Waals surface area contributed by atoms with Gasteiger partial charge in [0.15, 0.2) is 0 Å². The molecule has 1 N–H and O–H groups in total. The SMILES string of the molecule is O=C(CCCCCN1C(=O)/C(=C/c2ccccc2)SC1=S)Nc1ccccn1. The Morgan fingerprint density at radius 3 is 2.64 bits per heavy atom. The third-order valence-corrected chi connectivity index (χ3v) is 5.57. The first-order valence-electron chi connectivity index (χ1n) is 9.15. The smallest absolute Gasteiger partial charge is 0.266 e. The molecule has 1 saturated heterocycles. The van der Waals surface area contributed by atoms with E-state index in [9.17, 15) is 9.59 Å². The minimum atomic E-state index is -0.0462. The fourth-order valence-corrected chi connectivity index (χ4v) is 4.08. The molecule has 28 heavy (non-hydrogen) atoms. The lowest BCUT2D eigenvalue weighted by Gasteiger charge is -2.14. The number of anilines is 1. The van der Waals surface area contributed by atoms with Crippen molar-refractivity contribution in [1.82, 2.24) is 9.88 Å². The average molecular weight is 412 g/mol. The van der Waals surface area contributed by atoms with Crippen molar-refractivity contribution < 1.29 is 9.59 Å². The number of nitrogens with zero attached hydrogens (tertiary/aromatic N) is 2. The summed E-state index contributed by atoms with van der Waals surface area (Å²) >= 11 is 6.70. The summed E-state index contributed by atoms with van der Waals surface area (Å²) < 4.78 is 0.597. The molecule has 0 atom stereocenters. The Bertz CT molecular complexity index is 870. The summed E-state index contributed by atoms with van der Waals surface area (Å²) in [5.41, 5.74) is 0.988. The first-order chi connectivity index (χ1) is 13.6. The summed E-state index contributed by atoms with van der Waals surface area (Å²) in [4.78, 5) is 30.9. The Balaban J connectivity index is 1.40. The van der Waals surface area contributed by atoms with Gasteiger partial charge in [0.1, 0.15) is 10.1 Å². The number of carbonyl (C=O) groups is 2. The Morgan fingerprint density at radius 1 is 1.11 bits per heavy atom. The number of hydrogen-bond donors (Lipinski definition) is 1. The van der Waals surface area contributed by atoms with Crippen LogP contribution in [0.15, 0.2) is 59.6 Å². The van der Waals surface area contributed by atoms with Crippen LogP contribution in [0.5, 0.6) is 0 Å². The molecule has 2 heterocycles. The minimum Gasteiger partial charge on any atom is -0.311 e. The predicted molar refractivity (Wildman–Crippen MR) is 118 cm³/mol. The van der Waals surface area contributed by atoms with Gasteiger partial charge >= 0.3 is 0 Å². The predicted octanol–water partition coefficient (Wildman–Crippen LogP) is 4.48. The van der Waals surface area contributed by atoms with Gasteiger partial charge < -0.3 is 5.32 Å². The first-order valence-corrected chi connectivity index (χ1v) is 10.4. The van der Waals surface area contributed by atoms with E-state index in [2.05, 4.69) is 10.3 Å². The number of pyridine rings is 1. The second kappa shape index (κ2) is 10.1. The molecule has 2 amide bonds. The Kier molecular flexibility index (Phi) is 7.33. The van der Waals surface area contributed by atoms with Crippen LogP contribution in [-0.2, 0) is 9.59 Å². The lowest BCUT2D eigenvalue weighted by atomic mass is 10.1. The van der Waals surface area contributed by atoms with Crippen LogP contribution >= 0.6 is 24.0 Å². The maximum absolute atomic E-state index is 12.6. The topological polar surface area (TPSA) is 62.3 Å². The van der Waals surface area contributed by atoms with E-state index in [1.165, 1.54) is 11.8 Å². The third-order valence-electron chi connectivity index (χ3n) is 4.19. The number of nitrogens with one attached hydrogen (secondary N) is 1. The fraction of sp³-hybridized carbons (Fsp3) is 0.238. The highest BCUT2D eigenvalue weighted by molar-refractivity contribution is 8.26. The summed E-state index contributed by atoms with van der Waals surface area (Å²) in [6, 6.07) is 15.1. The standard InChI is InChI=1S/C21H21N3O2S2/c25-19(23-18-11-6-7-13-22-18)12-5-2-8-14-24-20(26)17(28-21(24)27)15-16-9-3-1-4-10-16/h1,3-4,6-7,9-11,13,15H,2,5,8,12,14H2,(H,22,23,25)/b17-15-. The highest BCUT2D eigenvalue weighted by Crippen LogP contribution is 2.32. The maximum atomic E-state index is 12.6. The van der Waals surface area contributed by atoms with Crippen LogP contribution in [0.2, 0.25) is 0 Å². The quantitative estimate of drug-likeness (QED) is 0.394. The van der Waals surface area contributed by atoms with Crippen LogP contribution in [-0.4, -0.2) is 32.6 Å².